The van der Waals surface area contributed by atoms with Crippen LogP contribution in [0.5, 0.6) is 0 Å². The average Bonchev–Trinajstić information content (AvgIpc) is 3.39. The topological polar surface area (TPSA) is 73.1 Å². The molecule has 5 rings (SSSR count). The molecule has 4 aliphatic rings. The number of nitrogens with zero attached hydrogens (tertiary/aromatic N) is 3. The number of hydrogen-bond acceptors (Lipinski definition) is 4. The highest BCUT2D eigenvalue weighted by Gasteiger charge is 2.09. The second kappa shape index (κ2) is 5.67. The van der Waals surface area contributed by atoms with Gasteiger partial charge in [0.25, 0.3) is 0 Å². The first-order valence-corrected chi connectivity index (χ1v) is 8.26. The Balaban J connectivity index is 1.73. The zero-order valence-electron chi connectivity index (χ0n) is 13.7. The number of hydrogen-bond donors (Lipinski definition) is 2. The Morgan fingerprint density at radius 2 is 1.23 bits per heavy atom. The van der Waals surface area contributed by atoms with Crippen molar-refractivity contribution in [3.05, 3.63) is 88.0 Å². The van der Waals surface area contributed by atoms with Crippen LogP contribution in [0.4, 0.5) is 0 Å². The molecule has 5 nitrogen and oxygen atoms in total. The van der Waals surface area contributed by atoms with Crippen molar-refractivity contribution >= 4 is 35.5 Å². The number of aliphatic hydroxyl groups excluding tert-OH is 1. The molecule has 0 saturated carbocycles. The van der Waals surface area contributed by atoms with Crippen molar-refractivity contribution in [1.82, 2.24) is 4.98 Å². The van der Waals surface area contributed by atoms with Crippen LogP contribution in [0.1, 0.15) is 5.69 Å². The van der Waals surface area contributed by atoms with E-state index < -0.39 is 0 Å². The first-order valence-electron chi connectivity index (χ1n) is 8.26. The predicted octanol–water partition coefficient (Wildman–Crippen LogP) is 2.25. The molecule has 1 aromatic rings. The third-order valence-electron chi connectivity index (χ3n) is 4.28. The summed E-state index contributed by atoms with van der Waals surface area (Å²) in [6, 6.07) is 1.88. The van der Waals surface area contributed by atoms with E-state index in [0.29, 0.717) is 5.22 Å². The van der Waals surface area contributed by atoms with E-state index in [1.54, 1.807) is 0 Å². The van der Waals surface area contributed by atoms with Crippen molar-refractivity contribution in [2.75, 3.05) is 0 Å². The van der Waals surface area contributed by atoms with E-state index in [-0.39, 0.29) is 0 Å². The number of aliphatic imine (C=N–C) groups is 3. The molecule has 0 amide bonds. The molecule has 0 unspecified atom stereocenters. The Bertz CT molecular complexity index is 1220. The first-order chi connectivity index (χ1) is 12.7. The van der Waals surface area contributed by atoms with Gasteiger partial charge in [-0.15, -0.1) is 0 Å². The van der Waals surface area contributed by atoms with Crippen LogP contribution in [-0.2, 0) is 0 Å². The molecule has 5 heterocycles. The Morgan fingerprint density at radius 3 is 1.81 bits per heavy atom. The van der Waals surface area contributed by atoms with Crippen molar-refractivity contribution in [3.8, 4) is 0 Å². The summed E-state index contributed by atoms with van der Waals surface area (Å²) in [6.07, 6.45) is 20.6. The molecule has 0 radical (unpaired) electrons. The fraction of sp³-hybridized carbons (Fsp3) is 0. The Morgan fingerprint density at radius 1 is 0.692 bits per heavy atom. The maximum Gasteiger partial charge on any atom is 0.0885 e. The first kappa shape index (κ1) is 14.6. The SMILES string of the molecule is O/C=c1/cc2[nH]c1=CC1=NC(=CC3=NC(=CC4=NC(=C2)C=C4)C=C3)C=C1. The lowest BCUT2D eigenvalue weighted by Gasteiger charge is -1.93. The van der Waals surface area contributed by atoms with Gasteiger partial charge in [-0.25, -0.2) is 15.0 Å². The fourth-order valence-electron chi connectivity index (χ4n) is 3.09. The molecule has 4 aliphatic heterocycles. The monoisotopic (exact) mass is 338 g/mol. The summed E-state index contributed by atoms with van der Waals surface area (Å²) >= 11 is 0. The molecule has 0 saturated heterocycles. The van der Waals surface area contributed by atoms with Gasteiger partial charge >= 0.3 is 0 Å². The summed E-state index contributed by atoms with van der Waals surface area (Å²) in [7, 11) is 0. The van der Waals surface area contributed by atoms with Crippen molar-refractivity contribution in [3.63, 3.8) is 0 Å². The summed E-state index contributed by atoms with van der Waals surface area (Å²) in [6.45, 7) is 0. The van der Waals surface area contributed by atoms with Crippen LogP contribution in [0.25, 0.3) is 18.4 Å². The van der Waals surface area contributed by atoms with Gasteiger partial charge in [0.2, 0.25) is 0 Å². The number of rotatable bonds is 0. The maximum absolute atomic E-state index is 9.54. The summed E-state index contributed by atoms with van der Waals surface area (Å²) in [4.78, 5) is 17.1. The lowest BCUT2D eigenvalue weighted by atomic mass is 10.2. The fourth-order valence-corrected chi connectivity index (χ4v) is 3.09. The molecule has 0 aliphatic carbocycles. The van der Waals surface area contributed by atoms with Gasteiger partial charge in [0.1, 0.15) is 0 Å². The van der Waals surface area contributed by atoms with Crippen molar-refractivity contribution in [2.24, 2.45) is 15.0 Å². The van der Waals surface area contributed by atoms with Crippen LogP contribution >= 0.6 is 0 Å². The summed E-state index contributed by atoms with van der Waals surface area (Å²) < 4.78 is 0. The van der Waals surface area contributed by atoms with E-state index in [9.17, 15) is 5.11 Å². The van der Waals surface area contributed by atoms with E-state index in [1.807, 2.05) is 66.8 Å². The smallest absolute Gasteiger partial charge is 0.0885 e. The zero-order valence-corrected chi connectivity index (χ0v) is 13.7. The second-order valence-corrected chi connectivity index (χ2v) is 6.18. The van der Waals surface area contributed by atoms with Crippen molar-refractivity contribution in [1.29, 1.82) is 0 Å². The molecule has 5 heteroatoms. The maximum atomic E-state index is 9.54. The highest BCUT2D eigenvalue weighted by atomic mass is 16.2. The second-order valence-electron chi connectivity index (χ2n) is 6.18. The van der Waals surface area contributed by atoms with Gasteiger partial charge in [0, 0.05) is 10.9 Å². The van der Waals surface area contributed by atoms with E-state index in [0.717, 1.165) is 51.5 Å². The molecule has 26 heavy (non-hydrogen) atoms. The summed E-state index contributed by atoms with van der Waals surface area (Å²) in [5.41, 5.74) is 5.94. The summed E-state index contributed by atoms with van der Waals surface area (Å²) in [5, 5.41) is 11.0. The minimum atomic E-state index is 0.703. The van der Waals surface area contributed by atoms with Gasteiger partial charge in [0.15, 0.2) is 0 Å². The molecule has 0 fully saturated rings. The van der Waals surface area contributed by atoms with Gasteiger partial charge in [-0.2, -0.15) is 0 Å². The highest BCUT2D eigenvalue weighted by Crippen LogP contribution is 2.18. The molecule has 8 bridgehead atoms. The van der Waals surface area contributed by atoms with E-state index >= 15 is 0 Å². The van der Waals surface area contributed by atoms with E-state index in [2.05, 4.69) is 20.0 Å². The zero-order chi connectivity index (χ0) is 17.5. The number of aliphatic hydroxyl groups is 1. The molecule has 0 atom stereocenters. The number of H-pyrrole nitrogens is 1. The molecule has 0 aromatic carbocycles. The molecule has 1 aromatic heterocycles. The van der Waals surface area contributed by atoms with Gasteiger partial charge in [-0.05, 0) is 66.8 Å². The average molecular weight is 338 g/mol. The summed E-state index contributed by atoms with van der Waals surface area (Å²) in [5.74, 6) is 0. The lowest BCUT2D eigenvalue weighted by Crippen LogP contribution is -2.23. The molecule has 2 N–H and O–H groups in total. The standard InChI is InChI=1S/C21H14N4O/c26-12-13-7-20-10-18-4-3-16(23-18)8-14-1-2-15(22-14)9-17-5-6-19(24-17)11-21(13)25-20/h1-12,25-26H/b13-12-,14-8?,17-9?,18-10?,21-11?. The Labute approximate surface area is 149 Å². The van der Waals surface area contributed by atoms with Crippen LogP contribution in [0.3, 0.4) is 0 Å². The van der Waals surface area contributed by atoms with Gasteiger partial charge in [-0.3, -0.25) is 0 Å². The third-order valence-corrected chi connectivity index (χ3v) is 4.28. The number of aromatic nitrogens is 1. The molecule has 0 spiro atoms. The van der Waals surface area contributed by atoms with Gasteiger partial charge < -0.3 is 10.1 Å². The van der Waals surface area contributed by atoms with Crippen LogP contribution in [-0.4, -0.2) is 27.2 Å². The van der Waals surface area contributed by atoms with Crippen LogP contribution < -0.4 is 10.6 Å². The number of allylic oxidation sites excluding steroid dienone is 8. The number of fused-ring (bicyclic) bond motifs is 5. The minimum Gasteiger partial charge on any atom is -0.515 e. The molecular formula is C21H14N4O. The largest absolute Gasteiger partial charge is 0.515 e. The van der Waals surface area contributed by atoms with Gasteiger partial charge in [-0.1, -0.05) is 0 Å². The number of nitrogens with one attached hydrogen (secondary N) is 1. The highest BCUT2D eigenvalue weighted by molar-refractivity contribution is 6.20. The Hall–Kier alpha value is -3.73. The van der Waals surface area contributed by atoms with Crippen molar-refractivity contribution < 1.29 is 5.11 Å². The third kappa shape index (κ3) is 2.65. The predicted molar refractivity (Wildman–Crippen MR) is 105 cm³/mol. The molecular weight excluding hydrogens is 324 g/mol. The minimum absolute atomic E-state index is 0.703. The van der Waals surface area contributed by atoms with Gasteiger partial charge in [0.05, 0.1) is 45.8 Å². The van der Waals surface area contributed by atoms with Crippen LogP contribution in [0.15, 0.2) is 86.7 Å². The lowest BCUT2D eigenvalue weighted by molar-refractivity contribution is 0.540. The number of aromatic amines is 1. The normalized spacial score (nSPS) is 20.4. The van der Waals surface area contributed by atoms with E-state index in [4.69, 9.17) is 0 Å². The Kier molecular flexibility index (Phi) is 3.18. The van der Waals surface area contributed by atoms with Crippen molar-refractivity contribution in [2.45, 2.75) is 0 Å². The molecule has 124 valence electrons. The van der Waals surface area contributed by atoms with Crippen LogP contribution in [0.2, 0.25) is 0 Å². The van der Waals surface area contributed by atoms with Crippen LogP contribution in [0, 0.1) is 0 Å². The quantitative estimate of drug-likeness (QED) is 0.748. The van der Waals surface area contributed by atoms with E-state index in [1.165, 1.54) is 0 Å².